The van der Waals surface area contributed by atoms with Crippen molar-refractivity contribution in [3.8, 4) is 11.5 Å². The van der Waals surface area contributed by atoms with Crippen LogP contribution in [0.1, 0.15) is 16.8 Å². The zero-order valence-corrected chi connectivity index (χ0v) is 16.5. The van der Waals surface area contributed by atoms with E-state index in [0.717, 1.165) is 11.1 Å². The molecule has 0 spiro atoms. The summed E-state index contributed by atoms with van der Waals surface area (Å²) in [7, 11) is 0. The van der Waals surface area contributed by atoms with Crippen LogP contribution in [0.4, 0.5) is 4.79 Å². The van der Waals surface area contributed by atoms with Crippen LogP contribution in [0.3, 0.4) is 0 Å². The van der Waals surface area contributed by atoms with Gasteiger partial charge >= 0.3 is 6.03 Å². The van der Waals surface area contributed by atoms with Crippen molar-refractivity contribution in [3.63, 3.8) is 0 Å². The van der Waals surface area contributed by atoms with Crippen LogP contribution in [0.5, 0.6) is 0 Å². The number of imide groups is 1. The molecule has 3 heterocycles. The van der Waals surface area contributed by atoms with Gasteiger partial charge in [-0.3, -0.25) is 9.69 Å². The Morgan fingerprint density at radius 3 is 2.35 bits per heavy atom. The number of hydrogen-bond donors (Lipinski definition) is 1. The molecule has 1 N–H and O–H groups in total. The molecule has 0 bridgehead atoms. The Morgan fingerprint density at radius 1 is 0.903 bits per heavy atom. The van der Waals surface area contributed by atoms with Gasteiger partial charge in [0.05, 0.1) is 12.8 Å². The Kier molecular flexibility index (Phi) is 4.63. The van der Waals surface area contributed by atoms with Crippen molar-refractivity contribution >= 4 is 11.9 Å². The molecule has 1 atom stereocenters. The number of nitrogens with one attached hydrogen (secondary N) is 1. The maximum absolute atomic E-state index is 13.6. The number of aromatic nitrogens is 1. The van der Waals surface area contributed by atoms with Gasteiger partial charge in [0.15, 0.2) is 11.3 Å². The van der Waals surface area contributed by atoms with E-state index in [0.29, 0.717) is 23.6 Å². The van der Waals surface area contributed by atoms with Crippen LogP contribution in [-0.4, -0.2) is 22.0 Å². The zero-order valence-electron chi connectivity index (χ0n) is 16.5. The van der Waals surface area contributed by atoms with Gasteiger partial charge in [0.25, 0.3) is 5.91 Å². The van der Waals surface area contributed by atoms with Gasteiger partial charge in [-0.15, -0.1) is 0 Å². The number of amides is 3. The first-order valence-electron chi connectivity index (χ1n) is 9.89. The monoisotopic (exact) mass is 413 g/mol. The number of benzene rings is 2. The highest BCUT2D eigenvalue weighted by molar-refractivity contribution is 6.07. The maximum Gasteiger partial charge on any atom is 0.325 e. The van der Waals surface area contributed by atoms with Crippen molar-refractivity contribution in [1.82, 2.24) is 15.4 Å². The van der Waals surface area contributed by atoms with E-state index in [9.17, 15) is 9.59 Å². The molecule has 7 heteroatoms. The Morgan fingerprint density at radius 2 is 1.65 bits per heavy atom. The van der Waals surface area contributed by atoms with Gasteiger partial charge in [-0.2, -0.15) is 0 Å². The molecule has 1 saturated heterocycles. The molecular formula is C24H19N3O4. The summed E-state index contributed by atoms with van der Waals surface area (Å²) in [6, 6.07) is 23.6. The summed E-state index contributed by atoms with van der Waals surface area (Å²) in [6.45, 7) is -0.00174. The molecule has 154 valence electrons. The highest BCUT2D eigenvalue weighted by atomic mass is 16.5. The van der Waals surface area contributed by atoms with Crippen molar-refractivity contribution in [1.29, 1.82) is 0 Å². The predicted octanol–water partition coefficient (Wildman–Crippen LogP) is 4.12. The second-order valence-electron chi connectivity index (χ2n) is 7.41. The molecule has 2 aromatic carbocycles. The van der Waals surface area contributed by atoms with Crippen molar-refractivity contribution in [2.24, 2.45) is 0 Å². The summed E-state index contributed by atoms with van der Waals surface area (Å²) in [6.07, 6.45) is 1.88. The van der Waals surface area contributed by atoms with Gasteiger partial charge in [-0.25, -0.2) is 4.79 Å². The second-order valence-corrected chi connectivity index (χ2v) is 7.41. The predicted molar refractivity (Wildman–Crippen MR) is 112 cm³/mol. The third-order valence-corrected chi connectivity index (χ3v) is 5.40. The number of furan rings is 1. The molecule has 4 aromatic rings. The summed E-state index contributed by atoms with van der Waals surface area (Å²) in [4.78, 5) is 27.7. The number of rotatable bonds is 6. The third-order valence-electron chi connectivity index (χ3n) is 5.40. The van der Waals surface area contributed by atoms with E-state index in [2.05, 4.69) is 10.5 Å². The summed E-state index contributed by atoms with van der Waals surface area (Å²) in [5, 5.41) is 6.95. The summed E-state index contributed by atoms with van der Waals surface area (Å²) < 4.78 is 10.6. The van der Waals surface area contributed by atoms with E-state index in [1.54, 1.807) is 18.2 Å². The largest absolute Gasteiger partial charge is 0.461 e. The van der Waals surface area contributed by atoms with Crippen LogP contribution < -0.4 is 5.32 Å². The van der Waals surface area contributed by atoms with E-state index >= 15 is 0 Å². The number of carbonyl (C=O) groups is 2. The molecule has 5 rings (SSSR count). The van der Waals surface area contributed by atoms with E-state index in [-0.39, 0.29) is 12.5 Å². The number of hydrogen-bond acceptors (Lipinski definition) is 5. The molecule has 1 aliphatic rings. The van der Waals surface area contributed by atoms with Crippen molar-refractivity contribution in [2.45, 2.75) is 18.5 Å². The van der Waals surface area contributed by atoms with E-state index in [4.69, 9.17) is 8.94 Å². The molecule has 0 unspecified atom stereocenters. The van der Waals surface area contributed by atoms with Crippen LogP contribution in [-0.2, 0) is 23.3 Å². The lowest BCUT2D eigenvalue weighted by Gasteiger charge is -2.27. The lowest BCUT2D eigenvalue weighted by atomic mass is 9.83. The Labute approximate surface area is 178 Å². The maximum atomic E-state index is 13.6. The SMILES string of the molecule is O=C1N[C@](Cc2ccccc2)(c2ccccc2)C(=O)N1Cc1cc(-c2ccco2)on1. The highest BCUT2D eigenvalue weighted by Crippen LogP contribution is 2.34. The lowest BCUT2D eigenvalue weighted by Crippen LogP contribution is -2.46. The van der Waals surface area contributed by atoms with Crippen molar-refractivity contribution < 1.29 is 18.5 Å². The van der Waals surface area contributed by atoms with Gasteiger partial charge in [0, 0.05) is 12.5 Å². The van der Waals surface area contributed by atoms with Crippen LogP contribution in [0.15, 0.2) is 94.1 Å². The standard InChI is InChI=1S/C24H19N3O4/c28-22-24(18-10-5-2-6-11-18,15-17-8-3-1-4-9-17)25-23(29)27(22)16-19-14-21(31-26-19)20-12-7-13-30-20/h1-14H,15-16H2,(H,25,29)/t24-/m1/s1. The van der Waals surface area contributed by atoms with Crippen molar-refractivity contribution in [2.75, 3.05) is 0 Å². The first kappa shape index (κ1) is 18.9. The first-order valence-corrected chi connectivity index (χ1v) is 9.89. The van der Waals surface area contributed by atoms with Gasteiger partial charge in [0.1, 0.15) is 5.69 Å². The quantitative estimate of drug-likeness (QED) is 0.480. The fourth-order valence-electron chi connectivity index (χ4n) is 3.90. The van der Waals surface area contributed by atoms with Gasteiger partial charge in [-0.05, 0) is 23.3 Å². The van der Waals surface area contributed by atoms with Crippen LogP contribution in [0.2, 0.25) is 0 Å². The third kappa shape index (κ3) is 3.40. The Bertz CT molecular complexity index is 1200. The van der Waals surface area contributed by atoms with Gasteiger partial charge in [-0.1, -0.05) is 65.8 Å². The minimum atomic E-state index is -1.19. The number of urea groups is 1. The molecular weight excluding hydrogens is 394 g/mol. The van der Waals surface area contributed by atoms with Gasteiger partial charge in [0.2, 0.25) is 5.76 Å². The molecule has 1 aliphatic heterocycles. The minimum absolute atomic E-state index is 0.00174. The minimum Gasteiger partial charge on any atom is -0.461 e. The summed E-state index contributed by atoms with van der Waals surface area (Å²) in [5.41, 5.74) is 0.950. The highest BCUT2D eigenvalue weighted by Gasteiger charge is 2.52. The van der Waals surface area contributed by atoms with Crippen molar-refractivity contribution in [3.05, 3.63) is 102 Å². The molecule has 0 saturated carbocycles. The topological polar surface area (TPSA) is 88.6 Å². The molecule has 1 fully saturated rings. The fraction of sp³-hybridized carbons (Fsp3) is 0.125. The molecule has 7 nitrogen and oxygen atoms in total. The average Bonchev–Trinajstić information content (AvgIpc) is 3.53. The normalized spacial score (nSPS) is 18.4. The van der Waals surface area contributed by atoms with E-state index < -0.39 is 11.6 Å². The Balaban J connectivity index is 1.47. The molecule has 3 amide bonds. The number of nitrogens with zero attached hydrogens (tertiary/aromatic N) is 2. The number of carbonyl (C=O) groups excluding carboxylic acids is 2. The van der Waals surface area contributed by atoms with Crippen LogP contribution in [0, 0.1) is 0 Å². The van der Waals surface area contributed by atoms with E-state index in [1.165, 1.54) is 11.2 Å². The average molecular weight is 413 g/mol. The molecule has 0 aliphatic carbocycles. The second kappa shape index (κ2) is 7.60. The lowest BCUT2D eigenvalue weighted by molar-refractivity contribution is -0.132. The first-order chi connectivity index (χ1) is 15.2. The molecule has 31 heavy (non-hydrogen) atoms. The summed E-state index contributed by atoms with van der Waals surface area (Å²) in [5.74, 6) is 0.638. The smallest absolute Gasteiger partial charge is 0.325 e. The van der Waals surface area contributed by atoms with Gasteiger partial charge < -0.3 is 14.3 Å². The Hall–Kier alpha value is -4.13. The zero-order chi connectivity index (χ0) is 21.3. The van der Waals surface area contributed by atoms with Crippen LogP contribution in [0.25, 0.3) is 11.5 Å². The molecule has 2 aromatic heterocycles. The molecule has 0 radical (unpaired) electrons. The summed E-state index contributed by atoms with van der Waals surface area (Å²) >= 11 is 0. The fourth-order valence-corrected chi connectivity index (χ4v) is 3.90. The van der Waals surface area contributed by atoms with Crippen LogP contribution >= 0.6 is 0 Å². The van der Waals surface area contributed by atoms with E-state index in [1.807, 2.05) is 60.7 Å².